The maximum atomic E-state index is 12.7. The van der Waals surface area contributed by atoms with Crippen LogP contribution in [0, 0.1) is 11.3 Å². The maximum absolute atomic E-state index is 12.7. The van der Waals surface area contributed by atoms with Gasteiger partial charge >= 0.3 is 0 Å². The molecule has 1 aliphatic rings. The van der Waals surface area contributed by atoms with Crippen LogP contribution in [0.1, 0.15) is 16.7 Å². The van der Waals surface area contributed by atoms with E-state index in [2.05, 4.69) is 6.07 Å². The lowest BCUT2D eigenvalue weighted by atomic mass is 9.96. The molecule has 0 aromatic heterocycles. The van der Waals surface area contributed by atoms with Crippen LogP contribution in [-0.4, -0.2) is 12.5 Å². The van der Waals surface area contributed by atoms with E-state index in [0.717, 1.165) is 27.9 Å². The summed E-state index contributed by atoms with van der Waals surface area (Å²) < 4.78 is 5.66. The van der Waals surface area contributed by atoms with E-state index in [-0.39, 0.29) is 12.5 Å². The molecule has 0 fully saturated rings. The number of nitriles is 1. The second kappa shape index (κ2) is 7.45. The fraction of sp³-hybridized carbons (Fsp3) is 0.130. The van der Waals surface area contributed by atoms with Gasteiger partial charge in [-0.1, -0.05) is 54.6 Å². The molecule has 0 saturated heterocycles. The number of nitrogens with zero attached hydrogens (tertiary/aromatic N) is 2. The lowest BCUT2D eigenvalue weighted by Gasteiger charge is -2.24. The molecule has 4 nitrogen and oxygen atoms in total. The predicted molar refractivity (Wildman–Crippen MR) is 104 cm³/mol. The Balaban J connectivity index is 1.80. The zero-order valence-electron chi connectivity index (χ0n) is 14.8. The third-order valence-corrected chi connectivity index (χ3v) is 4.70. The Labute approximate surface area is 158 Å². The van der Waals surface area contributed by atoms with Crippen molar-refractivity contribution in [3.8, 4) is 17.2 Å². The molecule has 0 radical (unpaired) electrons. The lowest BCUT2D eigenvalue weighted by Crippen LogP contribution is -2.32. The topological polar surface area (TPSA) is 53.3 Å². The van der Waals surface area contributed by atoms with Crippen LogP contribution in [0.3, 0.4) is 0 Å². The number of carbonyl (C=O) groups excluding carboxylic acids is 1. The summed E-state index contributed by atoms with van der Waals surface area (Å²) in [5, 5.41) is 9.21. The Morgan fingerprint density at radius 1 is 0.963 bits per heavy atom. The van der Waals surface area contributed by atoms with Crippen LogP contribution in [0.2, 0.25) is 0 Å². The van der Waals surface area contributed by atoms with Gasteiger partial charge in [-0.3, -0.25) is 4.79 Å². The first kappa shape index (κ1) is 17.0. The fourth-order valence-electron chi connectivity index (χ4n) is 3.40. The third-order valence-electron chi connectivity index (χ3n) is 4.70. The molecule has 3 aromatic carbocycles. The highest BCUT2D eigenvalue weighted by Gasteiger charge is 2.25. The Kier molecular flexibility index (Phi) is 4.69. The first-order valence-corrected chi connectivity index (χ1v) is 8.81. The minimum atomic E-state index is -0.0551. The molecule has 132 valence electrons. The molecule has 0 spiro atoms. The van der Waals surface area contributed by atoms with Crippen LogP contribution in [0.25, 0.3) is 11.1 Å². The molecule has 0 saturated carbocycles. The monoisotopic (exact) mass is 354 g/mol. The van der Waals surface area contributed by atoms with Crippen LogP contribution >= 0.6 is 0 Å². The fourth-order valence-corrected chi connectivity index (χ4v) is 3.40. The molecule has 1 heterocycles. The number of rotatable bonds is 3. The molecule has 0 N–H and O–H groups in total. The van der Waals surface area contributed by atoms with Gasteiger partial charge in [0.1, 0.15) is 6.61 Å². The van der Waals surface area contributed by atoms with Crippen molar-refractivity contribution in [3.05, 3.63) is 89.5 Å². The molecule has 0 aliphatic carbocycles. The molecule has 3 aromatic rings. The van der Waals surface area contributed by atoms with Crippen molar-refractivity contribution in [1.82, 2.24) is 0 Å². The van der Waals surface area contributed by atoms with Gasteiger partial charge in [-0.15, -0.1) is 0 Å². The number of benzene rings is 3. The van der Waals surface area contributed by atoms with Crippen molar-refractivity contribution < 1.29 is 9.53 Å². The number of fused-ring (bicyclic) bond motifs is 1. The highest BCUT2D eigenvalue weighted by molar-refractivity contribution is 5.96. The van der Waals surface area contributed by atoms with E-state index in [1.54, 1.807) is 11.0 Å². The largest absolute Gasteiger partial charge is 0.367 e. The Hall–Kier alpha value is -3.42. The van der Waals surface area contributed by atoms with E-state index in [0.29, 0.717) is 18.7 Å². The first-order chi connectivity index (χ1) is 13.3. The van der Waals surface area contributed by atoms with Gasteiger partial charge in [-0.05, 0) is 34.9 Å². The second-order valence-electron chi connectivity index (χ2n) is 6.45. The van der Waals surface area contributed by atoms with Gasteiger partial charge in [-0.2, -0.15) is 5.26 Å². The Bertz CT molecular complexity index is 1020. The van der Waals surface area contributed by atoms with Gasteiger partial charge in [0, 0.05) is 5.56 Å². The Morgan fingerprint density at radius 2 is 1.78 bits per heavy atom. The van der Waals surface area contributed by atoms with Crippen LogP contribution in [0.4, 0.5) is 5.69 Å². The van der Waals surface area contributed by atoms with E-state index in [4.69, 9.17) is 4.74 Å². The summed E-state index contributed by atoms with van der Waals surface area (Å²) in [5.74, 6) is -0.0551. The molecule has 0 unspecified atom stereocenters. The van der Waals surface area contributed by atoms with E-state index < -0.39 is 0 Å². The number of hydrogen-bond donors (Lipinski definition) is 0. The first-order valence-electron chi connectivity index (χ1n) is 8.81. The summed E-state index contributed by atoms with van der Waals surface area (Å²) in [6.45, 7) is 0.913. The minimum Gasteiger partial charge on any atom is -0.367 e. The second-order valence-corrected chi connectivity index (χ2v) is 6.45. The summed E-state index contributed by atoms with van der Waals surface area (Å²) >= 11 is 0. The summed E-state index contributed by atoms with van der Waals surface area (Å²) in [4.78, 5) is 14.5. The van der Waals surface area contributed by atoms with E-state index >= 15 is 0 Å². The lowest BCUT2D eigenvalue weighted by molar-refractivity contribution is -0.123. The molecular formula is C23H18N2O2. The minimum absolute atomic E-state index is 0.0548. The van der Waals surface area contributed by atoms with Crippen LogP contribution in [-0.2, 0) is 22.7 Å². The van der Waals surface area contributed by atoms with E-state index in [1.165, 1.54) is 0 Å². The Morgan fingerprint density at radius 3 is 2.59 bits per heavy atom. The van der Waals surface area contributed by atoms with Crippen molar-refractivity contribution in [2.24, 2.45) is 0 Å². The number of carbonyl (C=O) groups is 1. The van der Waals surface area contributed by atoms with Crippen molar-refractivity contribution in [2.75, 3.05) is 11.5 Å². The summed E-state index contributed by atoms with van der Waals surface area (Å²) in [6.07, 6.45) is 0. The van der Waals surface area contributed by atoms with Gasteiger partial charge in [0.15, 0.2) is 0 Å². The van der Waals surface area contributed by atoms with Gasteiger partial charge in [0.25, 0.3) is 5.91 Å². The van der Waals surface area contributed by atoms with Crippen molar-refractivity contribution in [3.63, 3.8) is 0 Å². The smallest absolute Gasteiger partial charge is 0.253 e. The molecular weight excluding hydrogens is 336 g/mol. The van der Waals surface area contributed by atoms with Gasteiger partial charge < -0.3 is 9.64 Å². The van der Waals surface area contributed by atoms with Gasteiger partial charge in [0.2, 0.25) is 0 Å². The van der Waals surface area contributed by atoms with Gasteiger partial charge in [0.05, 0.1) is 30.5 Å². The summed E-state index contributed by atoms with van der Waals surface area (Å²) in [6, 6.07) is 25.5. The van der Waals surface area contributed by atoms with Crippen molar-refractivity contribution in [1.29, 1.82) is 5.26 Å². The number of anilines is 1. The van der Waals surface area contributed by atoms with Gasteiger partial charge in [-0.25, -0.2) is 0 Å². The molecule has 0 bridgehead atoms. The van der Waals surface area contributed by atoms with Crippen molar-refractivity contribution >= 4 is 11.6 Å². The molecule has 4 heteroatoms. The summed E-state index contributed by atoms with van der Waals surface area (Å²) in [5.41, 5.74) is 5.43. The van der Waals surface area contributed by atoms with Crippen LogP contribution < -0.4 is 4.90 Å². The number of ether oxygens (including phenoxy) is 1. The SMILES string of the molecule is N#Cc1cccc(-c2cccc3c2COCC(=O)N3Cc2ccccc2)c1. The molecule has 4 rings (SSSR count). The molecule has 0 atom stereocenters. The molecule has 27 heavy (non-hydrogen) atoms. The number of hydrogen-bond acceptors (Lipinski definition) is 3. The summed E-state index contributed by atoms with van der Waals surface area (Å²) in [7, 11) is 0. The third kappa shape index (κ3) is 3.46. The van der Waals surface area contributed by atoms with E-state index in [9.17, 15) is 10.1 Å². The zero-order chi connectivity index (χ0) is 18.6. The zero-order valence-corrected chi connectivity index (χ0v) is 14.8. The highest BCUT2D eigenvalue weighted by Crippen LogP contribution is 2.34. The average Bonchev–Trinajstić information content (AvgIpc) is 2.88. The van der Waals surface area contributed by atoms with Crippen LogP contribution in [0.5, 0.6) is 0 Å². The quantitative estimate of drug-likeness (QED) is 0.705. The predicted octanol–water partition coefficient (Wildman–Crippen LogP) is 4.29. The van der Waals surface area contributed by atoms with Crippen molar-refractivity contribution in [2.45, 2.75) is 13.2 Å². The number of amides is 1. The standard InChI is InChI=1S/C23H18N2O2/c24-13-18-8-4-9-19(12-18)20-10-5-11-22-21(20)15-27-16-23(26)25(22)14-17-6-2-1-3-7-17/h1-12H,14-16H2. The maximum Gasteiger partial charge on any atom is 0.253 e. The van der Waals surface area contributed by atoms with Crippen LogP contribution in [0.15, 0.2) is 72.8 Å². The molecule has 1 amide bonds. The van der Waals surface area contributed by atoms with E-state index in [1.807, 2.05) is 66.7 Å². The normalized spacial score (nSPS) is 13.6. The molecule has 1 aliphatic heterocycles. The average molecular weight is 354 g/mol. The highest BCUT2D eigenvalue weighted by atomic mass is 16.5.